The van der Waals surface area contributed by atoms with Crippen LogP contribution in [0, 0.1) is 0 Å². The van der Waals surface area contributed by atoms with Crippen LogP contribution in [-0.2, 0) is 19.9 Å². The fourth-order valence-corrected chi connectivity index (χ4v) is 3.69. The molecule has 0 fully saturated rings. The van der Waals surface area contributed by atoms with E-state index >= 15 is 0 Å². The molecule has 0 aliphatic rings. The van der Waals surface area contributed by atoms with Crippen molar-refractivity contribution in [2.24, 2.45) is 0 Å². The van der Waals surface area contributed by atoms with Crippen LogP contribution in [0.15, 0.2) is 28.0 Å². The number of hydrogen-bond donors (Lipinski definition) is 2. The molecule has 0 aliphatic carbocycles. The van der Waals surface area contributed by atoms with Crippen molar-refractivity contribution in [3.63, 3.8) is 0 Å². The molecule has 0 saturated heterocycles. The Bertz CT molecular complexity index is 683. The van der Waals surface area contributed by atoms with E-state index in [1.165, 1.54) is 19.1 Å². The molecule has 20 heavy (non-hydrogen) atoms. The van der Waals surface area contributed by atoms with Gasteiger partial charge in [-0.3, -0.25) is 0 Å². The molecule has 1 aromatic carbocycles. The Labute approximate surface area is 123 Å². The Kier molecular flexibility index (Phi) is 5.56. The molecule has 0 spiro atoms. The summed E-state index contributed by atoms with van der Waals surface area (Å²) in [5.41, 5.74) is 0. The minimum atomic E-state index is -3.93. The van der Waals surface area contributed by atoms with Crippen LogP contribution in [0.3, 0.4) is 0 Å². The fourth-order valence-electron chi connectivity index (χ4n) is 1.40. The van der Waals surface area contributed by atoms with E-state index in [0.717, 1.165) is 12.3 Å². The Balaban J connectivity index is 3.12. The molecule has 1 rings (SSSR count). The van der Waals surface area contributed by atoms with Gasteiger partial charge in [0.1, 0.15) is 4.90 Å². The number of hydrogen-bond acceptors (Lipinski definition) is 5. The molecule has 0 amide bonds. The number of rotatable bonds is 6. The van der Waals surface area contributed by atoms with Crippen LogP contribution in [0.4, 0.5) is 0 Å². The van der Waals surface area contributed by atoms with Gasteiger partial charge in [0.15, 0.2) is 9.84 Å². The van der Waals surface area contributed by atoms with Gasteiger partial charge in [-0.2, -0.15) is 0 Å². The summed E-state index contributed by atoms with van der Waals surface area (Å²) < 4.78 is 49.2. The Morgan fingerprint density at radius 2 is 1.90 bits per heavy atom. The summed E-state index contributed by atoms with van der Waals surface area (Å²) >= 11 is 5.81. The first kappa shape index (κ1) is 17.4. The normalized spacial score (nSPS) is 14.2. The molecule has 6 nitrogen and oxygen atoms in total. The largest absolute Gasteiger partial charge is 0.393 e. The zero-order chi connectivity index (χ0) is 15.6. The van der Waals surface area contributed by atoms with Crippen LogP contribution in [-0.4, -0.2) is 40.8 Å². The third-order valence-electron chi connectivity index (χ3n) is 2.47. The molecule has 0 radical (unpaired) electrons. The van der Waals surface area contributed by atoms with Crippen LogP contribution >= 0.6 is 11.6 Å². The third-order valence-corrected chi connectivity index (χ3v) is 5.53. The van der Waals surface area contributed by atoms with Gasteiger partial charge in [0.05, 0.1) is 16.0 Å². The van der Waals surface area contributed by atoms with Gasteiger partial charge in [0, 0.05) is 12.8 Å². The lowest BCUT2D eigenvalue weighted by Crippen LogP contribution is -2.27. The van der Waals surface area contributed by atoms with Crippen molar-refractivity contribution < 1.29 is 21.9 Å². The first-order chi connectivity index (χ1) is 9.04. The van der Waals surface area contributed by atoms with Crippen LogP contribution in [0.25, 0.3) is 0 Å². The van der Waals surface area contributed by atoms with Gasteiger partial charge >= 0.3 is 0 Å². The highest BCUT2D eigenvalue weighted by Gasteiger charge is 2.20. The number of sulfonamides is 1. The summed E-state index contributed by atoms with van der Waals surface area (Å²) in [4.78, 5) is -0.425. The van der Waals surface area contributed by atoms with Crippen LogP contribution in [0.5, 0.6) is 0 Å². The monoisotopic (exact) mass is 341 g/mol. The molecule has 0 bridgehead atoms. The SMILES string of the molecule is C[C@@H](O)CCNS(=O)(=O)c1cc(S(C)(=O)=O)ccc1Cl. The summed E-state index contributed by atoms with van der Waals surface area (Å²) in [7, 11) is -7.45. The van der Waals surface area contributed by atoms with Crippen LogP contribution in [0.1, 0.15) is 13.3 Å². The van der Waals surface area contributed by atoms with E-state index in [0.29, 0.717) is 0 Å². The minimum Gasteiger partial charge on any atom is -0.393 e. The topological polar surface area (TPSA) is 101 Å². The smallest absolute Gasteiger partial charge is 0.242 e. The van der Waals surface area contributed by atoms with E-state index in [9.17, 15) is 16.8 Å². The van der Waals surface area contributed by atoms with E-state index < -0.39 is 26.0 Å². The number of aliphatic hydroxyl groups excluding tert-OH is 1. The standard InChI is InChI=1S/C11H16ClNO5S2/c1-8(14)5-6-13-20(17,18)11-7-9(19(2,15)16)3-4-10(11)12/h3-4,7-8,13-14H,5-6H2,1-2H3/t8-/m1/s1. The maximum Gasteiger partial charge on any atom is 0.242 e. The van der Waals surface area contributed by atoms with Gasteiger partial charge in [-0.15, -0.1) is 0 Å². The zero-order valence-electron chi connectivity index (χ0n) is 11.0. The van der Waals surface area contributed by atoms with Crippen molar-refractivity contribution >= 4 is 31.5 Å². The summed E-state index contributed by atoms with van der Waals surface area (Å²) in [6.45, 7) is 1.56. The number of aliphatic hydroxyl groups is 1. The van der Waals surface area contributed by atoms with Gasteiger partial charge in [-0.25, -0.2) is 21.6 Å². The predicted molar refractivity (Wildman–Crippen MR) is 76.0 cm³/mol. The molecule has 0 aromatic heterocycles. The summed E-state index contributed by atoms with van der Waals surface area (Å²) in [5.74, 6) is 0. The maximum atomic E-state index is 12.0. The lowest BCUT2D eigenvalue weighted by Gasteiger charge is -2.10. The summed E-state index contributed by atoms with van der Waals surface area (Å²) in [6.07, 6.45) is 0.575. The van der Waals surface area contributed by atoms with Crippen molar-refractivity contribution in [3.8, 4) is 0 Å². The quantitative estimate of drug-likeness (QED) is 0.796. The van der Waals surface area contributed by atoms with Gasteiger partial charge in [0.2, 0.25) is 10.0 Å². The van der Waals surface area contributed by atoms with E-state index in [4.69, 9.17) is 16.7 Å². The van der Waals surface area contributed by atoms with Gasteiger partial charge in [-0.1, -0.05) is 11.6 Å². The molecule has 0 unspecified atom stereocenters. The summed E-state index contributed by atoms with van der Waals surface area (Å²) in [5, 5.41) is 9.02. The van der Waals surface area contributed by atoms with Crippen molar-refractivity contribution in [3.05, 3.63) is 23.2 Å². The Morgan fingerprint density at radius 1 is 1.30 bits per heavy atom. The maximum absolute atomic E-state index is 12.0. The van der Waals surface area contributed by atoms with E-state index in [1.54, 1.807) is 0 Å². The molecule has 1 aromatic rings. The fraction of sp³-hybridized carbons (Fsp3) is 0.455. The van der Waals surface area contributed by atoms with E-state index in [1.807, 2.05) is 0 Å². The first-order valence-corrected chi connectivity index (χ1v) is 9.46. The lowest BCUT2D eigenvalue weighted by molar-refractivity contribution is 0.186. The number of halogens is 1. The average Bonchev–Trinajstić information content (AvgIpc) is 2.26. The van der Waals surface area contributed by atoms with Crippen LogP contribution in [0.2, 0.25) is 5.02 Å². The van der Waals surface area contributed by atoms with Crippen LogP contribution < -0.4 is 4.72 Å². The molecule has 9 heteroatoms. The second-order valence-electron chi connectivity index (χ2n) is 4.40. The molecular formula is C11H16ClNO5S2. The first-order valence-electron chi connectivity index (χ1n) is 5.71. The average molecular weight is 342 g/mol. The molecule has 1 atom stereocenters. The molecule has 0 saturated carbocycles. The van der Waals surface area contributed by atoms with Crippen molar-refractivity contribution in [2.75, 3.05) is 12.8 Å². The van der Waals surface area contributed by atoms with Crippen molar-refractivity contribution in [2.45, 2.75) is 29.2 Å². The lowest BCUT2D eigenvalue weighted by atomic mass is 10.3. The van der Waals surface area contributed by atoms with E-state index in [-0.39, 0.29) is 27.8 Å². The third kappa shape index (κ3) is 4.71. The van der Waals surface area contributed by atoms with Gasteiger partial charge in [0.25, 0.3) is 0 Å². The highest BCUT2D eigenvalue weighted by atomic mass is 35.5. The molecule has 0 aliphatic heterocycles. The summed E-state index contributed by atoms with van der Waals surface area (Å²) in [6, 6.07) is 3.48. The highest BCUT2D eigenvalue weighted by Crippen LogP contribution is 2.24. The molecule has 0 heterocycles. The Hall–Kier alpha value is -0.670. The molecule has 2 N–H and O–H groups in total. The highest BCUT2D eigenvalue weighted by molar-refractivity contribution is 7.91. The zero-order valence-corrected chi connectivity index (χ0v) is 13.4. The minimum absolute atomic E-state index is 0.0272. The van der Waals surface area contributed by atoms with Crippen molar-refractivity contribution in [1.29, 1.82) is 0 Å². The second kappa shape index (κ2) is 6.40. The molecular weight excluding hydrogens is 326 g/mol. The van der Waals surface area contributed by atoms with Crippen molar-refractivity contribution in [1.82, 2.24) is 4.72 Å². The number of nitrogens with one attached hydrogen (secondary N) is 1. The van der Waals surface area contributed by atoms with E-state index in [2.05, 4.69) is 4.72 Å². The van der Waals surface area contributed by atoms with Gasteiger partial charge < -0.3 is 5.11 Å². The Morgan fingerprint density at radius 3 is 2.40 bits per heavy atom. The van der Waals surface area contributed by atoms with Gasteiger partial charge in [-0.05, 0) is 31.5 Å². The predicted octanol–water partition coefficient (Wildman–Crippen LogP) is 0.793. The number of sulfone groups is 1. The molecule has 114 valence electrons. The number of benzene rings is 1. The second-order valence-corrected chi connectivity index (χ2v) is 8.56.